The van der Waals surface area contributed by atoms with Gasteiger partial charge in [0.25, 0.3) is 3.79 Å². The summed E-state index contributed by atoms with van der Waals surface area (Å²) < 4.78 is 28.7. The summed E-state index contributed by atoms with van der Waals surface area (Å²) in [6.45, 7) is 50.1. The molecule has 2 saturated heterocycles. The van der Waals surface area contributed by atoms with Gasteiger partial charge in [-0.15, -0.1) is 0 Å². The van der Waals surface area contributed by atoms with E-state index in [-0.39, 0.29) is 131 Å². The number of hydrogen-bond donors (Lipinski definition) is 4. The maximum Gasteiger partial charge on any atom is 0.338 e. The highest BCUT2D eigenvalue weighted by Gasteiger charge is 2.74. The first-order valence-corrected chi connectivity index (χ1v) is 42.4. The molecule has 107 heavy (non-hydrogen) atoms. The highest BCUT2D eigenvalue weighted by atomic mass is 35.6. The largest absolute Gasteiger partial charge is 0.453 e. The molecule has 2 aliphatic heterocycles. The number of fused-ring (bicyclic) bond motifs is 14. The van der Waals surface area contributed by atoms with Crippen LogP contribution in [0, 0.1) is 135 Å². The number of alkyl halides is 3. The summed E-state index contributed by atoms with van der Waals surface area (Å²) in [7, 11) is 0. The fourth-order valence-corrected chi connectivity index (χ4v) is 27.3. The molecular formula is C90H136Cl3NO13. The third kappa shape index (κ3) is 13.7. The Morgan fingerprint density at radius 3 is 1.36 bits per heavy atom. The Hall–Kier alpha value is -3.05. The van der Waals surface area contributed by atoms with Crippen LogP contribution in [0.1, 0.15) is 285 Å². The minimum atomic E-state index is -1.93. The quantitative estimate of drug-likeness (QED) is 0.0453. The molecule has 0 bridgehead atoms. The van der Waals surface area contributed by atoms with Crippen LogP contribution >= 0.6 is 34.8 Å². The van der Waals surface area contributed by atoms with Crippen molar-refractivity contribution in [1.29, 1.82) is 5.41 Å². The third-order valence-electron chi connectivity index (χ3n) is 34.7. The third-order valence-corrected chi connectivity index (χ3v) is 35.2. The molecule has 2 heterocycles. The van der Waals surface area contributed by atoms with E-state index in [4.69, 9.17) is 63.9 Å². The van der Waals surface area contributed by atoms with Crippen LogP contribution in [-0.4, -0.2) is 109 Å². The molecule has 0 spiro atoms. The zero-order valence-corrected chi connectivity index (χ0v) is 71.6. The Morgan fingerprint density at radius 1 is 0.486 bits per heavy atom. The van der Waals surface area contributed by atoms with Gasteiger partial charge < -0.3 is 39.0 Å². The van der Waals surface area contributed by atoms with Gasteiger partial charge in [-0.1, -0.05) is 208 Å². The molecule has 0 aromatic heterocycles. The number of carbonyl (C=O) groups excluding carboxylic acids is 5. The van der Waals surface area contributed by atoms with Crippen molar-refractivity contribution in [2.24, 2.45) is 130 Å². The van der Waals surface area contributed by atoms with Crippen LogP contribution in [0.15, 0.2) is 53.6 Å². The lowest BCUT2D eigenvalue weighted by molar-refractivity contribution is -0.305. The van der Waals surface area contributed by atoms with Crippen LogP contribution in [0.4, 0.5) is 0 Å². The maximum atomic E-state index is 13.6. The molecule has 13 rings (SSSR count). The molecule has 8 saturated carbocycles. The fraction of sp³-hybridized carbons (Fsp3) is 0.822. The van der Waals surface area contributed by atoms with Gasteiger partial charge in [-0.05, 0) is 263 Å². The summed E-state index contributed by atoms with van der Waals surface area (Å²) in [5.41, 5.74) is 2.27. The number of esters is 1. The van der Waals surface area contributed by atoms with Crippen molar-refractivity contribution in [3.8, 4) is 0 Å². The second-order valence-corrected chi connectivity index (χ2v) is 43.8. The summed E-state index contributed by atoms with van der Waals surface area (Å²) >= 11 is 16.7. The number of hydrogen-bond acceptors (Lipinski definition) is 14. The van der Waals surface area contributed by atoms with Gasteiger partial charge in [0, 0.05) is 11.8 Å². The molecule has 1 aromatic carbocycles. The van der Waals surface area contributed by atoms with E-state index < -0.39 is 69.6 Å². The standard InChI is InChI=1S/C47H68O7.C31H50O3.C12H18Cl3NO3/c1-27-28(2)39(53-40(51)31-15-13-12-14-16-31)41(54-38(27)29(3)48)52-37-20-21-44(9)34(43(37,7)8)19-22-45(10)35(44)18-17-32-33-25-42(5,6)23-24-47(33,30(4)49)36(50)26-46(32,45)11;1-19(32)31-16-15-26(2,3)17-21(31)20-9-10-23-28(6)13-12-24(33)27(4,5)22(28)11-14-29(23,7)30(20,8)18-25(31)34;1-5-6(2)9(8(4)17)18-10(7(5)3)19-11(16)12(13,14)15/h12-17,27-28,33-39,41,50H,18-26H2,1-11H3;9,21-25,33-34H,10-18H2,1-8H3;5-7,9-10,16H,1-4H3/t27-,28-,33?,34-,35?,36?,37-,38?,39?,41+,44?,45-,46+,47+;21?,22-,23?,24-,25?,28?,29-,30+,31+;5-,6-,7?,9?,10+/m000/s1. The summed E-state index contributed by atoms with van der Waals surface area (Å²) in [4.78, 5) is 64.7. The first-order chi connectivity index (χ1) is 49.3. The van der Waals surface area contributed by atoms with E-state index in [1.807, 2.05) is 52.8 Å². The Kier molecular flexibility index (Phi) is 23.0. The van der Waals surface area contributed by atoms with Gasteiger partial charge >= 0.3 is 5.97 Å². The van der Waals surface area contributed by atoms with Gasteiger partial charge in [0.05, 0.1) is 40.8 Å². The van der Waals surface area contributed by atoms with Crippen molar-refractivity contribution in [2.45, 2.75) is 334 Å². The predicted octanol–water partition coefficient (Wildman–Crippen LogP) is 19.8. The van der Waals surface area contributed by atoms with E-state index in [0.717, 1.165) is 109 Å². The lowest BCUT2D eigenvalue weighted by Crippen LogP contribution is -2.67. The number of halogens is 3. The number of aliphatic hydroxyl groups is 3. The summed E-state index contributed by atoms with van der Waals surface area (Å²) in [5.74, 6) is 1.41. The SMILES string of the molecule is CC(=O)C1O[C@@H](O[C@H]2CCC3(C)C4CC=C5C6CC(C)(C)CC[C@]6(C(C)=O)C(O)C[C@@]5(C)[C@@]4(C)CC[C@H]3C2(C)C)C(OC(=O)c2ccccc2)[C@@H](C)[C@@H]1C.CC(=O)C1O[C@H](OC(=N)C(Cl)(Cl)Cl)C(C)[C@@H](C)[C@@H]1C.CC(=O)[C@]12CCC(C)(C)CC1C1=CCC3C4(C)CC[C@H](O)C(C)(C)[C@@H]4CC[C@]3(C)[C@]1(C)CC2O. The zero-order valence-electron chi connectivity index (χ0n) is 69.4. The van der Waals surface area contributed by atoms with Gasteiger partial charge in [0.1, 0.15) is 23.8 Å². The molecule has 28 atom stereocenters. The van der Waals surface area contributed by atoms with E-state index in [2.05, 4.69) is 109 Å². The second-order valence-electron chi connectivity index (χ2n) is 41.5. The van der Waals surface area contributed by atoms with Gasteiger partial charge in [-0.3, -0.25) is 24.6 Å². The van der Waals surface area contributed by atoms with Gasteiger partial charge in [0.15, 0.2) is 24.0 Å². The average molecular weight is 1550 g/mol. The highest BCUT2D eigenvalue weighted by molar-refractivity contribution is 6.76. The zero-order chi connectivity index (χ0) is 79.5. The molecule has 0 amide bonds. The number of benzene rings is 1. The van der Waals surface area contributed by atoms with Crippen molar-refractivity contribution in [3.05, 3.63) is 59.2 Å². The van der Waals surface area contributed by atoms with E-state index in [1.54, 1.807) is 32.9 Å². The lowest BCUT2D eigenvalue weighted by atomic mass is 9.33. The smallest absolute Gasteiger partial charge is 0.338 e. The second kappa shape index (κ2) is 29.0. The topological polar surface area (TPSA) is 216 Å². The fourth-order valence-electron chi connectivity index (χ4n) is 27.2. The van der Waals surface area contributed by atoms with E-state index in [0.29, 0.717) is 35.7 Å². The van der Waals surface area contributed by atoms with Crippen molar-refractivity contribution in [1.82, 2.24) is 0 Å². The predicted molar refractivity (Wildman–Crippen MR) is 422 cm³/mol. The molecule has 14 nitrogen and oxygen atoms in total. The molecule has 17 heteroatoms. The van der Waals surface area contributed by atoms with Crippen LogP contribution in [-0.2, 0) is 42.9 Å². The molecule has 600 valence electrons. The van der Waals surface area contributed by atoms with Crippen LogP contribution in [0.2, 0.25) is 0 Å². The van der Waals surface area contributed by atoms with Gasteiger partial charge in [0.2, 0.25) is 12.2 Å². The van der Waals surface area contributed by atoms with Gasteiger partial charge in [-0.25, -0.2) is 4.79 Å². The van der Waals surface area contributed by atoms with E-state index >= 15 is 0 Å². The highest BCUT2D eigenvalue weighted by Crippen LogP contribution is 2.78. The first kappa shape index (κ1) is 84.8. The Labute approximate surface area is 657 Å². The van der Waals surface area contributed by atoms with Gasteiger partial charge in [-0.2, -0.15) is 0 Å². The van der Waals surface area contributed by atoms with E-state index in [9.17, 15) is 39.3 Å². The van der Waals surface area contributed by atoms with Crippen LogP contribution in [0.5, 0.6) is 0 Å². The van der Waals surface area contributed by atoms with Crippen molar-refractivity contribution >= 4 is 69.8 Å². The molecule has 10 aliphatic carbocycles. The van der Waals surface area contributed by atoms with Crippen molar-refractivity contribution in [3.63, 3.8) is 0 Å². The Morgan fingerprint density at radius 2 is 0.916 bits per heavy atom. The maximum absolute atomic E-state index is 13.6. The lowest BCUT2D eigenvalue weighted by Gasteiger charge is -2.72. The minimum Gasteiger partial charge on any atom is -0.453 e. The van der Waals surface area contributed by atoms with Crippen LogP contribution in [0.25, 0.3) is 0 Å². The number of allylic oxidation sites excluding steroid dienone is 4. The van der Waals surface area contributed by atoms with Crippen LogP contribution in [0.3, 0.4) is 0 Å². The Balaban J connectivity index is 0.000000182. The normalized spacial score (nSPS) is 46.8. The first-order valence-electron chi connectivity index (χ1n) is 41.3. The van der Waals surface area contributed by atoms with Crippen molar-refractivity contribution in [2.75, 3.05) is 0 Å². The number of ether oxygens (including phenoxy) is 5. The molecular weight excluding hydrogens is 1410 g/mol. The molecule has 10 fully saturated rings. The average Bonchev–Trinajstić information content (AvgIpc) is 0.676. The van der Waals surface area contributed by atoms with E-state index in [1.165, 1.54) is 18.1 Å². The summed E-state index contributed by atoms with van der Waals surface area (Å²) in [5, 5.41) is 42.5. The molecule has 1 aromatic rings. The van der Waals surface area contributed by atoms with Crippen molar-refractivity contribution < 1.29 is 63.0 Å². The number of nitrogens with one attached hydrogen (secondary N) is 1. The molecule has 4 N–H and O–H groups in total. The number of carbonyl (C=O) groups is 5. The number of aliphatic hydroxyl groups excluding tert-OH is 3. The molecule has 0 radical (unpaired) electrons. The molecule has 12 unspecified atom stereocenters. The molecule has 12 aliphatic rings. The van der Waals surface area contributed by atoms with Crippen LogP contribution < -0.4 is 0 Å². The number of Topliss-reactive ketones (excluding diaryl/α,β-unsaturated/α-hetero) is 4. The number of ketones is 4. The Bertz CT molecular complexity index is 3640. The number of rotatable bonds is 9. The summed E-state index contributed by atoms with van der Waals surface area (Å²) in [6.07, 6.45) is 17.3. The monoisotopic (exact) mass is 1540 g/mol. The minimum absolute atomic E-state index is 0.0155. The summed E-state index contributed by atoms with van der Waals surface area (Å²) in [6, 6.07) is 9.03.